The van der Waals surface area contributed by atoms with E-state index in [0.717, 1.165) is 18.6 Å². The zero-order valence-electron chi connectivity index (χ0n) is 7.64. The number of carboxylic acids is 1. The van der Waals surface area contributed by atoms with Crippen molar-refractivity contribution in [1.29, 1.82) is 0 Å². The van der Waals surface area contributed by atoms with Crippen LogP contribution in [0.4, 0.5) is 0 Å². The van der Waals surface area contributed by atoms with Crippen molar-refractivity contribution in [1.82, 2.24) is 5.16 Å². The van der Waals surface area contributed by atoms with Gasteiger partial charge in [0.1, 0.15) is 11.5 Å². The van der Waals surface area contributed by atoms with Crippen molar-refractivity contribution in [2.24, 2.45) is 5.73 Å². The van der Waals surface area contributed by atoms with Crippen LogP contribution in [0.2, 0.25) is 0 Å². The number of nitrogens with zero attached hydrogens (tertiary/aromatic N) is 1. The molecule has 5 heteroatoms. The topological polar surface area (TPSA) is 89.4 Å². The molecule has 1 aliphatic carbocycles. The molecule has 0 saturated heterocycles. The predicted octanol–water partition coefficient (Wildman–Crippen LogP) is 1.03. The first kappa shape index (κ1) is 9.21. The van der Waals surface area contributed by atoms with Gasteiger partial charge in [0.15, 0.2) is 0 Å². The largest absolute Gasteiger partial charge is 0.481 e. The van der Waals surface area contributed by atoms with E-state index in [9.17, 15) is 4.79 Å². The van der Waals surface area contributed by atoms with Gasteiger partial charge in [-0.1, -0.05) is 5.16 Å². The van der Waals surface area contributed by atoms with Crippen LogP contribution in [0, 0.1) is 0 Å². The van der Waals surface area contributed by atoms with Crippen LogP contribution in [0.25, 0.3) is 0 Å². The average Bonchev–Trinajstić information content (AvgIpc) is 2.82. The van der Waals surface area contributed by atoms with E-state index >= 15 is 0 Å². The van der Waals surface area contributed by atoms with E-state index in [1.165, 1.54) is 0 Å². The molecule has 14 heavy (non-hydrogen) atoms. The van der Waals surface area contributed by atoms with Crippen molar-refractivity contribution < 1.29 is 14.4 Å². The molecule has 0 radical (unpaired) electrons. The molecule has 0 bridgehead atoms. The van der Waals surface area contributed by atoms with Gasteiger partial charge in [-0.15, -0.1) is 0 Å². The normalized spacial score (nSPS) is 18.1. The lowest BCUT2D eigenvalue weighted by atomic mass is 10.1. The highest BCUT2D eigenvalue weighted by atomic mass is 16.5. The molecule has 76 valence electrons. The minimum atomic E-state index is -0.923. The molecule has 0 aromatic carbocycles. The first-order chi connectivity index (χ1) is 6.66. The molecular weight excluding hydrogens is 184 g/mol. The summed E-state index contributed by atoms with van der Waals surface area (Å²) in [5.41, 5.74) is 6.16. The summed E-state index contributed by atoms with van der Waals surface area (Å²) in [6, 6.07) is 1.20. The van der Waals surface area contributed by atoms with Gasteiger partial charge in [0.05, 0.1) is 12.5 Å². The second kappa shape index (κ2) is 3.42. The van der Waals surface area contributed by atoms with Gasteiger partial charge in [-0.2, -0.15) is 0 Å². The average molecular weight is 196 g/mol. The Kier molecular flexibility index (Phi) is 2.25. The molecular formula is C9H12N2O3. The van der Waals surface area contributed by atoms with Gasteiger partial charge in [0.2, 0.25) is 0 Å². The van der Waals surface area contributed by atoms with Crippen molar-refractivity contribution in [3.8, 4) is 0 Å². The quantitative estimate of drug-likeness (QED) is 0.750. The van der Waals surface area contributed by atoms with Gasteiger partial charge >= 0.3 is 5.97 Å². The fourth-order valence-corrected chi connectivity index (χ4v) is 1.33. The molecule has 1 unspecified atom stereocenters. The van der Waals surface area contributed by atoms with E-state index in [2.05, 4.69) is 5.16 Å². The van der Waals surface area contributed by atoms with Gasteiger partial charge in [-0.25, -0.2) is 0 Å². The van der Waals surface area contributed by atoms with Gasteiger partial charge in [-0.05, 0) is 12.8 Å². The lowest BCUT2D eigenvalue weighted by molar-refractivity contribution is -0.137. The van der Waals surface area contributed by atoms with E-state index < -0.39 is 12.0 Å². The fourth-order valence-electron chi connectivity index (χ4n) is 1.33. The van der Waals surface area contributed by atoms with Crippen molar-refractivity contribution in [3.63, 3.8) is 0 Å². The summed E-state index contributed by atoms with van der Waals surface area (Å²) in [6.07, 6.45) is 2.14. The molecule has 1 aromatic rings. The number of rotatable bonds is 4. The summed E-state index contributed by atoms with van der Waals surface area (Å²) < 4.78 is 5.07. The minimum Gasteiger partial charge on any atom is -0.481 e. The highest BCUT2D eigenvalue weighted by Gasteiger charge is 2.28. The Balaban J connectivity index is 2.03. The highest BCUT2D eigenvalue weighted by Crippen LogP contribution is 2.40. The molecule has 1 heterocycles. The van der Waals surface area contributed by atoms with Crippen molar-refractivity contribution in [3.05, 3.63) is 17.5 Å². The smallest absolute Gasteiger partial charge is 0.305 e. The number of aromatic nitrogens is 1. The fraction of sp³-hybridized carbons (Fsp3) is 0.556. The molecule has 5 nitrogen and oxygen atoms in total. The first-order valence-electron chi connectivity index (χ1n) is 4.60. The lowest BCUT2D eigenvalue weighted by Crippen LogP contribution is -2.15. The molecule has 1 aliphatic rings. The van der Waals surface area contributed by atoms with Gasteiger partial charge in [0.25, 0.3) is 0 Å². The molecule has 1 fully saturated rings. The Morgan fingerprint density at radius 1 is 1.79 bits per heavy atom. The van der Waals surface area contributed by atoms with Crippen LogP contribution in [0.3, 0.4) is 0 Å². The summed E-state index contributed by atoms with van der Waals surface area (Å²) in [7, 11) is 0. The van der Waals surface area contributed by atoms with Crippen LogP contribution in [-0.4, -0.2) is 16.2 Å². The summed E-state index contributed by atoms with van der Waals surface area (Å²) in [5.74, 6) is 0.391. The zero-order valence-corrected chi connectivity index (χ0v) is 7.64. The third-order valence-electron chi connectivity index (χ3n) is 2.30. The van der Waals surface area contributed by atoms with E-state index in [-0.39, 0.29) is 6.42 Å². The van der Waals surface area contributed by atoms with Crippen molar-refractivity contribution >= 4 is 5.97 Å². The summed E-state index contributed by atoms with van der Waals surface area (Å²) in [6.45, 7) is 0. The van der Waals surface area contributed by atoms with Gasteiger partial charge in [0, 0.05) is 12.0 Å². The summed E-state index contributed by atoms with van der Waals surface area (Å²) in [5, 5.41) is 12.3. The minimum absolute atomic E-state index is 0.114. The van der Waals surface area contributed by atoms with Crippen molar-refractivity contribution in [2.45, 2.75) is 31.2 Å². The number of nitrogens with two attached hydrogens (primary N) is 1. The van der Waals surface area contributed by atoms with Crippen LogP contribution in [0.1, 0.15) is 42.7 Å². The molecule has 1 saturated carbocycles. The Bertz CT molecular complexity index is 344. The molecule has 2 rings (SSSR count). The summed E-state index contributed by atoms with van der Waals surface area (Å²) in [4.78, 5) is 10.4. The van der Waals surface area contributed by atoms with Crippen LogP contribution in [0.5, 0.6) is 0 Å². The van der Waals surface area contributed by atoms with E-state index in [1.807, 2.05) is 0 Å². The molecule has 0 spiro atoms. The predicted molar refractivity (Wildman–Crippen MR) is 47.7 cm³/mol. The standard InChI is InChI=1S/C9H12N2O3/c10-6(3-9(12)13)7-4-8(14-11-7)5-1-2-5/h4-6H,1-3,10H2,(H,12,13). The van der Waals surface area contributed by atoms with Crippen LogP contribution in [0.15, 0.2) is 10.6 Å². The second-order valence-electron chi connectivity index (χ2n) is 3.63. The SMILES string of the molecule is NC(CC(=O)O)c1cc(C2CC2)on1. The molecule has 3 N–H and O–H groups in total. The Labute approximate surface area is 80.9 Å². The molecule has 1 aromatic heterocycles. The van der Waals surface area contributed by atoms with Crippen LogP contribution >= 0.6 is 0 Å². The monoisotopic (exact) mass is 196 g/mol. The maximum absolute atomic E-state index is 10.4. The van der Waals surface area contributed by atoms with E-state index in [0.29, 0.717) is 11.6 Å². The van der Waals surface area contributed by atoms with Crippen LogP contribution in [-0.2, 0) is 4.79 Å². The van der Waals surface area contributed by atoms with Crippen molar-refractivity contribution in [2.75, 3.05) is 0 Å². The van der Waals surface area contributed by atoms with Gasteiger partial charge in [-0.3, -0.25) is 4.79 Å². The van der Waals surface area contributed by atoms with Crippen LogP contribution < -0.4 is 5.73 Å². The molecule has 1 atom stereocenters. The lowest BCUT2D eigenvalue weighted by Gasteiger charge is -2.01. The first-order valence-corrected chi connectivity index (χ1v) is 4.60. The number of carboxylic acid groups (broad SMARTS) is 1. The Hall–Kier alpha value is -1.36. The maximum Gasteiger partial charge on any atom is 0.305 e. The third-order valence-corrected chi connectivity index (χ3v) is 2.30. The van der Waals surface area contributed by atoms with E-state index in [4.69, 9.17) is 15.4 Å². The summed E-state index contributed by atoms with van der Waals surface area (Å²) >= 11 is 0. The molecule has 0 aliphatic heterocycles. The third kappa shape index (κ3) is 1.93. The molecule has 0 amide bonds. The maximum atomic E-state index is 10.4. The number of hydrogen-bond acceptors (Lipinski definition) is 4. The second-order valence-corrected chi connectivity index (χ2v) is 3.63. The number of aliphatic carboxylic acids is 1. The van der Waals surface area contributed by atoms with E-state index in [1.54, 1.807) is 6.07 Å². The highest BCUT2D eigenvalue weighted by molar-refractivity contribution is 5.67. The Morgan fingerprint density at radius 3 is 3.07 bits per heavy atom. The zero-order chi connectivity index (χ0) is 10.1. The number of hydrogen-bond donors (Lipinski definition) is 2. The number of carbonyl (C=O) groups is 1. The van der Waals surface area contributed by atoms with Gasteiger partial charge < -0.3 is 15.4 Å². The Morgan fingerprint density at radius 2 is 2.50 bits per heavy atom.